The maximum absolute atomic E-state index is 15.1. The molecule has 0 spiro atoms. The Hall–Kier alpha value is -2.91. The summed E-state index contributed by atoms with van der Waals surface area (Å²) < 4.78 is 45.8. The van der Waals surface area contributed by atoms with Gasteiger partial charge in [-0.15, -0.1) is 0 Å². The van der Waals surface area contributed by atoms with E-state index in [0.717, 1.165) is 31.2 Å². The first-order chi connectivity index (χ1) is 16.4. The minimum Gasteiger partial charge on any atom is -0.500 e. The smallest absolute Gasteiger partial charge is 0.345 e. The fraction of sp³-hybridized carbons (Fsp3) is 0.417. The van der Waals surface area contributed by atoms with Crippen LogP contribution in [0, 0.1) is 11.6 Å². The van der Waals surface area contributed by atoms with E-state index in [1.54, 1.807) is 37.1 Å². The molecule has 2 aliphatic rings. The fourth-order valence-electron chi connectivity index (χ4n) is 3.76. The number of halogens is 3. The molecule has 1 fully saturated rings. The number of carbonyl (C=O) groups is 2. The van der Waals surface area contributed by atoms with E-state index in [0.29, 0.717) is 11.6 Å². The summed E-state index contributed by atoms with van der Waals surface area (Å²) in [5.41, 5.74) is -1.08. The van der Waals surface area contributed by atoms with E-state index in [9.17, 15) is 9.59 Å². The second-order valence-corrected chi connectivity index (χ2v) is 8.04. The Kier molecular flexibility index (Phi) is 9.06. The molecule has 10 heteroatoms. The second kappa shape index (κ2) is 12.0. The van der Waals surface area contributed by atoms with Gasteiger partial charge in [0.2, 0.25) is 5.78 Å². The molecular weight excluding hydrogens is 470 g/mol. The number of ketones is 1. The molecule has 2 atom stereocenters. The number of esters is 1. The maximum atomic E-state index is 15.1. The molecule has 0 aromatic heterocycles. The zero-order valence-electron chi connectivity index (χ0n) is 19.0. The molecule has 1 aromatic rings. The van der Waals surface area contributed by atoms with Crippen LogP contribution >= 0.6 is 11.6 Å². The van der Waals surface area contributed by atoms with Crippen LogP contribution in [0.4, 0.5) is 14.5 Å². The summed E-state index contributed by atoms with van der Waals surface area (Å²) in [6.07, 6.45) is 7.06. The Labute approximate surface area is 202 Å². The van der Waals surface area contributed by atoms with Gasteiger partial charge in [0, 0.05) is 12.6 Å². The molecular formula is C24H27ClF2N2O5. The van der Waals surface area contributed by atoms with Gasteiger partial charge in [-0.2, -0.15) is 0 Å². The van der Waals surface area contributed by atoms with Crippen molar-refractivity contribution in [1.82, 2.24) is 5.32 Å². The molecule has 3 rings (SSSR count). The molecule has 1 N–H and O–H groups in total. The van der Waals surface area contributed by atoms with Crippen molar-refractivity contribution < 1.29 is 32.6 Å². The summed E-state index contributed by atoms with van der Waals surface area (Å²) in [4.78, 5) is 26.7. The molecule has 0 radical (unpaired) electrons. The molecule has 1 aromatic carbocycles. The second-order valence-electron chi connectivity index (χ2n) is 7.60. The van der Waals surface area contributed by atoms with Crippen molar-refractivity contribution >= 4 is 29.0 Å². The number of anilines is 1. The highest BCUT2D eigenvalue weighted by Crippen LogP contribution is 2.31. The maximum Gasteiger partial charge on any atom is 0.345 e. The molecule has 1 saturated heterocycles. The Bertz CT molecular complexity index is 1010. The quantitative estimate of drug-likeness (QED) is 0.130. The predicted octanol–water partition coefficient (Wildman–Crippen LogP) is 4.18. The molecule has 0 saturated carbocycles. The van der Waals surface area contributed by atoms with E-state index in [-0.39, 0.29) is 31.5 Å². The fourth-order valence-corrected chi connectivity index (χ4v) is 3.96. The SMILES string of the molecule is CCO/C=C(\C(=O)OCC)C(=O)c1cc(F)c(N2CCC[C@@H]2COC2NC=CC=C2Cl)cc1F. The topological polar surface area (TPSA) is 77.1 Å². The van der Waals surface area contributed by atoms with Gasteiger partial charge in [0.1, 0.15) is 23.5 Å². The van der Waals surface area contributed by atoms with Gasteiger partial charge in [-0.1, -0.05) is 11.6 Å². The third-order valence-electron chi connectivity index (χ3n) is 5.38. The summed E-state index contributed by atoms with van der Waals surface area (Å²) in [5.74, 6) is -3.73. The number of nitrogens with zero attached hydrogens (tertiary/aromatic N) is 1. The summed E-state index contributed by atoms with van der Waals surface area (Å²) >= 11 is 6.13. The number of carbonyl (C=O) groups excluding carboxylic acids is 2. The van der Waals surface area contributed by atoms with Crippen LogP contribution in [0.5, 0.6) is 0 Å². The Morgan fingerprint density at radius 3 is 2.74 bits per heavy atom. The molecule has 2 heterocycles. The van der Waals surface area contributed by atoms with Gasteiger partial charge >= 0.3 is 5.97 Å². The highest BCUT2D eigenvalue weighted by Gasteiger charge is 2.31. The average Bonchev–Trinajstić information content (AvgIpc) is 3.28. The van der Waals surface area contributed by atoms with Crippen molar-refractivity contribution in [3.05, 3.63) is 64.6 Å². The van der Waals surface area contributed by atoms with Crippen LogP contribution < -0.4 is 10.2 Å². The van der Waals surface area contributed by atoms with Gasteiger partial charge in [0.25, 0.3) is 0 Å². The van der Waals surface area contributed by atoms with E-state index in [1.165, 1.54) is 0 Å². The third kappa shape index (κ3) is 5.95. The van der Waals surface area contributed by atoms with E-state index in [2.05, 4.69) is 5.32 Å². The zero-order chi connectivity index (χ0) is 24.7. The van der Waals surface area contributed by atoms with Gasteiger partial charge < -0.3 is 24.4 Å². The van der Waals surface area contributed by atoms with Crippen LogP contribution in [0.15, 0.2) is 47.4 Å². The Balaban J connectivity index is 1.79. The van der Waals surface area contributed by atoms with E-state index >= 15 is 8.78 Å². The average molecular weight is 497 g/mol. The lowest BCUT2D eigenvalue weighted by Crippen LogP contribution is -2.38. The Morgan fingerprint density at radius 1 is 1.24 bits per heavy atom. The summed E-state index contributed by atoms with van der Waals surface area (Å²) in [6.45, 7) is 4.14. The van der Waals surface area contributed by atoms with Crippen molar-refractivity contribution in [1.29, 1.82) is 0 Å². The van der Waals surface area contributed by atoms with Gasteiger partial charge in [-0.3, -0.25) is 4.79 Å². The van der Waals surface area contributed by atoms with E-state index in [1.807, 2.05) is 0 Å². The van der Waals surface area contributed by atoms with Crippen LogP contribution in [-0.4, -0.2) is 50.4 Å². The van der Waals surface area contributed by atoms with Crippen molar-refractivity contribution in [2.45, 2.75) is 39.0 Å². The minimum absolute atomic E-state index is 0.0114. The summed E-state index contributed by atoms with van der Waals surface area (Å²) in [5, 5.41) is 3.48. The van der Waals surface area contributed by atoms with Crippen molar-refractivity contribution in [2.75, 3.05) is 31.3 Å². The van der Waals surface area contributed by atoms with Crippen LogP contribution in [0.25, 0.3) is 0 Å². The molecule has 0 amide bonds. The molecule has 34 heavy (non-hydrogen) atoms. The Morgan fingerprint density at radius 2 is 2.03 bits per heavy atom. The molecule has 184 valence electrons. The minimum atomic E-state index is -1.02. The standard InChI is InChI=1S/C24H27ClF2N2O5/c1-3-32-14-17(24(31)33-4-2)22(30)16-11-20(27)21(12-19(16)26)29-10-6-7-15(29)13-34-23-18(25)8-5-9-28-23/h5,8-9,11-12,14-15,23,28H,3-4,6-7,10,13H2,1-2H3/b17-14-/t15-,23?/m1/s1. The van der Waals surface area contributed by atoms with Gasteiger partial charge in [0.05, 0.1) is 42.1 Å². The predicted molar refractivity (Wildman–Crippen MR) is 123 cm³/mol. The number of dihydropyridines is 1. The highest BCUT2D eigenvalue weighted by atomic mass is 35.5. The molecule has 0 aliphatic carbocycles. The first kappa shape index (κ1) is 25.7. The lowest BCUT2D eigenvalue weighted by molar-refractivity contribution is -0.138. The van der Waals surface area contributed by atoms with Crippen molar-refractivity contribution in [3.8, 4) is 0 Å². The molecule has 2 aliphatic heterocycles. The normalized spacial score (nSPS) is 20.1. The van der Waals surface area contributed by atoms with E-state index in [4.69, 9.17) is 25.8 Å². The number of hydrogen-bond acceptors (Lipinski definition) is 7. The zero-order valence-corrected chi connectivity index (χ0v) is 19.7. The number of hydrogen-bond donors (Lipinski definition) is 1. The number of benzene rings is 1. The number of Topliss-reactive ketones (excluding diaryl/α,β-unsaturated/α-hetero) is 1. The number of rotatable bonds is 10. The largest absolute Gasteiger partial charge is 0.500 e. The van der Waals surface area contributed by atoms with Crippen LogP contribution in [0.2, 0.25) is 0 Å². The molecule has 1 unspecified atom stereocenters. The van der Waals surface area contributed by atoms with Gasteiger partial charge in [-0.25, -0.2) is 13.6 Å². The van der Waals surface area contributed by atoms with Crippen LogP contribution in [-0.2, 0) is 19.0 Å². The molecule has 7 nitrogen and oxygen atoms in total. The summed E-state index contributed by atoms with van der Waals surface area (Å²) in [6, 6.07) is 1.56. The highest BCUT2D eigenvalue weighted by molar-refractivity contribution is 6.30. The van der Waals surface area contributed by atoms with Crippen molar-refractivity contribution in [3.63, 3.8) is 0 Å². The van der Waals surface area contributed by atoms with Gasteiger partial charge in [0.15, 0.2) is 6.23 Å². The first-order valence-corrected chi connectivity index (χ1v) is 11.4. The lowest BCUT2D eigenvalue weighted by atomic mass is 10.0. The lowest BCUT2D eigenvalue weighted by Gasteiger charge is -2.29. The van der Waals surface area contributed by atoms with Crippen LogP contribution in [0.3, 0.4) is 0 Å². The van der Waals surface area contributed by atoms with Crippen molar-refractivity contribution in [2.24, 2.45) is 0 Å². The summed E-state index contributed by atoms with van der Waals surface area (Å²) in [7, 11) is 0. The van der Waals surface area contributed by atoms with E-state index < -0.39 is 40.8 Å². The monoisotopic (exact) mass is 496 g/mol. The number of nitrogens with one attached hydrogen (secondary N) is 1. The number of allylic oxidation sites excluding steroid dienone is 2. The molecule has 0 bridgehead atoms. The van der Waals surface area contributed by atoms with Gasteiger partial charge in [-0.05, 0) is 51.1 Å². The third-order valence-corrected chi connectivity index (χ3v) is 5.70. The first-order valence-electron chi connectivity index (χ1n) is 11.1. The van der Waals surface area contributed by atoms with Crippen LogP contribution in [0.1, 0.15) is 37.0 Å². The number of ether oxygens (including phenoxy) is 3.